The van der Waals surface area contributed by atoms with E-state index in [1.54, 1.807) is 6.07 Å². The molecule has 118 valence electrons. The summed E-state index contributed by atoms with van der Waals surface area (Å²) in [6.45, 7) is 0.806. The van der Waals surface area contributed by atoms with Crippen molar-refractivity contribution in [1.29, 1.82) is 0 Å². The summed E-state index contributed by atoms with van der Waals surface area (Å²) in [6.07, 6.45) is 2.50. The fourth-order valence-corrected chi connectivity index (χ4v) is 3.45. The van der Waals surface area contributed by atoms with Crippen molar-refractivity contribution in [2.24, 2.45) is 10.7 Å². The van der Waals surface area contributed by atoms with Gasteiger partial charge in [-0.15, -0.1) is 0 Å². The van der Waals surface area contributed by atoms with E-state index in [2.05, 4.69) is 16.0 Å². The summed E-state index contributed by atoms with van der Waals surface area (Å²) in [6, 6.07) is 11.2. The van der Waals surface area contributed by atoms with E-state index in [1.165, 1.54) is 13.2 Å². The highest BCUT2D eigenvalue weighted by Gasteiger charge is 2.32. The van der Waals surface area contributed by atoms with Gasteiger partial charge in [0.25, 0.3) is 0 Å². The lowest BCUT2D eigenvalue weighted by Crippen LogP contribution is -2.38. The van der Waals surface area contributed by atoms with Gasteiger partial charge in [-0.1, -0.05) is 24.3 Å². The van der Waals surface area contributed by atoms with Gasteiger partial charge >= 0.3 is 0 Å². The van der Waals surface area contributed by atoms with Crippen LogP contribution < -0.4 is 15.4 Å². The highest BCUT2D eigenvalue weighted by Crippen LogP contribution is 2.42. The molecule has 2 aliphatic heterocycles. The van der Waals surface area contributed by atoms with Crippen LogP contribution in [0.4, 0.5) is 10.1 Å². The summed E-state index contributed by atoms with van der Waals surface area (Å²) in [4.78, 5) is 6.86. The maximum Gasteiger partial charge on any atom is 0.165 e. The van der Waals surface area contributed by atoms with Crippen molar-refractivity contribution < 1.29 is 9.13 Å². The van der Waals surface area contributed by atoms with Crippen molar-refractivity contribution in [3.8, 4) is 5.75 Å². The summed E-state index contributed by atoms with van der Waals surface area (Å²) in [5.74, 6) is -0.122. The van der Waals surface area contributed by atoms with Crippen molar-refractivity contribution in [2.75, 3.05) is 18.6 Å². The molecule has 2 aromatic carbocycles. The Morgan fingerprint density at radius 2 is 2.17 bits per heavy atom. The first-order chi connectivity index (χ1) is 11.2. The van der Waals surface area contributed by atoms with Gasteiger partial charge in [0.15, 0.2) is 11.6 Å². The molecular formula is C18H18FN3O. The minimum Gasteiger partial charge on any atom is -0.494 e. The second kappa shape index (κ2) is 5.35. The fraction of sp³-hybridized carbons (Fsp3) is 0.278. The second-order valence-corrected chi connectivity index (χ2v) is 5.92. The number of benzene rings is 2. The number of ether oxygens (including phenoxy) is 1. The molecule has 0 aliphatic carbocycles. The number of hydrogen-bond acceptors (Lipinski definition) is 4. The maximum atomic E-state index is 14.1. The number of anilines is 1. The van der Waals surface area contributed by atoms with Gasteiger partial charge in [0.2, 0.25) is 0 Å². The third kappa shape index (κ3) is 2.19. The van der Waals surface area contributed by atoms with Crippen molar-refractivity contribution in [2.45, 2.75) is 18.6 Å². The van der Waals surface area contributed by atoms with E-state index in [0.29, 0.717) is 0 Å². The molecule has 0 spiro atoms. The Hall–Kier alpha value is -2.40. The number of aliphatic imine (C=N–C) groups is 1. The lowest BCUT2D eigenvalue weighted by Gasteiger charge is -2.41. The van der Waals surface area contributed by atoms with Crippen LogP contribution in [0, 0.1) is 5.82 Å². The maximum absolute atomic E-state index is 14.1. The normalized spacial score (nSPS) is 22.0. The first-order valence-corrected chi connectivity index (χ1v) is 7.71. The molecule has 2 atom stereocenters. The molecule has 0 bridgehead atoms. The van der Waals surface area contributed by atoms with Crippen LogP contribution in [0.25, 0.3) is 0 Å². The quantitative estimate of drug-likeness (QED) is 0.927. The molecule has 4 nitrogen and oxygen atoms in total. The third-order valence-electron chi connectivity index (χ3n) is 4.59. The molecule has 0 unspecified atom stereocenters. The van der Waals surface area contributed by atoms with E-state index < -0.39 is 0 Å². The summed E-state index contributed by atoms with van der Waals surface area (Å²) in [5, 5.41) is 0. The van der Waals surface area contributed by atoms with E-state index in [-0.39, 0.29) is 23.8 Å². The summed E-state index contributed by atoms with van der Waals surface area (Å²) < 4.78 is 19.1. The molecule has 0 aromatic heterocycles. The molecule has 0 saturated carbocycles. The van der Waals surface area contributed by atoms with E-state index in [9.17, 15) is 4.39 Å². The zero-order chi connectivity index (χ0) is 16.0. The van der Waals surface area contributed by atoms with Gasteiger partial charge < -0.3 is 15.4 Å². The number of nitrogens with zero attached hydrogens (tertiary/aromatic N) is 2. The topological polar surface area (TPSA) is 50.8 Å². The third-order valence-corrected chi connectivity index (χ3v) is 4.59. The molecule has 2 heterocycles. The van der Waals surface area contributed by atoms with Crippen LogP contribution in [0.5, 0.6) is 5.75 Å². The molecule has 5 heteroatoms. The first-order valence-electron chi connectivity index (χ1n) is 7.71. The lowest BCUT2D eigenvalue weighted by molar-refractivity contribution is 0.385. The number of nitrogens with two attached hydrogens (primary N) is 1. The van der Waals surface area contributed by atoms with Gasteiger partial charge in [0.1, 0.15) is 6.17 Å². The monoisotopic (exact) mass is 311 g/mol. The zero-order valence-corrected chi connectivity index (χ0v) is 12.9. The minimum atomic E-state index is -0.368. The van der Waals surface area contributed by atoms with Crippen LogP contribution in [0.2, 0.25) is 0 Å². The predicted octanol–water partition coefficient (Wildman–Crippen LogP) is 3.18. The summed E-state index contributed by atoms with van der Waals surface area (Å²) in [5.41, 5.74) is 10.4. The molecule has 23 heavy (non-hydrogen) atoms. The van der Waals surface area contributed by atoms with Crippen LogP contribution >= 0.6 is 0 Å². The van der Waals surface area contributed by atoms with Gasteiger partial charge in [0, 0.05) is 24.4 Å². The van der Waals surface area contributed by atoms with Crippen LogP contribution in [-0.4, -0.2) is 19.9 Å². The Morgan fingerprint density at radius 3 is 2.96 bits per heavy atom. The van der Waals surface area contributed by atoms with E-state index in [4.69, 9.17) is 10.5 Å². The molecule has 4 rings (SSSR count). The largest absolute Gasteiger partial charge is 0.494 e. The van der Waals surface area contributed by atoms with Crippen LogP contribution in [0.1, 0.15) is 35.3 Å². The second-order valence-electron chi connectivity index (χ2n) is 5.92. The molecule has 0 amide bonds. The molecule has 2 N–H and O–H groups in total. The average Bonchev–Trinajstić information content (AvgIpc) is 2.58. The zero-order valence-electron chi connectivity index (χ0n) is 12.9. The number of rotatable bonds is 2. The minimum absolute atomic E-state index is 0.0425. The summed E-state index contributed by atoms with van der Waals surface area (Å²) in [7, 11) is 1.46. The van der Waals surface area contributed by atoms with Gasteiger partial charge in [-0.25, -0.2) is 4.39 Å². The number of para-hydroxylation sites is 1. The Labute approximate surface area is 134 Å². The van der Waals surface area contributed by atoms with Gasteiger partial charge in [-0.05, 0) is 29.7 Å². The summed E-state index contributed by atoms with van der Waals surface area (Å²) >= 11 is 0. The van der Waals surface area contributed by atoms with Crippen LogP contribution in [0.3, 0.4) is 0 Å². The number of methoxy groups -OCH3 is 1. The van der Waals surface area contributed by atoms with E-state index in [1.807, 2.05) is 24.4 Å². The molecule has 0 radical (unpaired) electrons. The van der Waals surface area contributed by atoms with E-state index >= 15 is 0 Å². The molecule has 0 fully saturated rings. The Morgan fingerprint density at radius 1 is 1.30 bits per heavy atom. The van der Waals surface area contributed by atoms with Crippen LogP contribution in [-0.2, 0) is 0 Å². The molecular weight excluding hydrogens is 293 g/mol. The Balaban J connectivity index is 1.79. The van der Waals surface area contributed by atoms with Gasteiger partial charge in [-0.3, -0.25) is 4.99 Å². The van der Waals surface area contributed by atoms with Gasteiger partial charge in [-0.2, -0.15) is 0 Å². The highest BCUT2D eigenvalue weighted by atomic mass is 19.1. The molecule has 2 aromatic rings. The number of halogens is 1. The first kappa shape index (κ1) is 14.2. The van der Waals surface area contributed by atoms with Crippen molar-refractivity contribution in [1.82, 2.24) is 0 Å². The number of hydrogen-bond donors (Lipinski definition) is 1. The Bertz CT molecular complexity index is 790. The highest BCUT2D eigenvalue weighted by molar-refractivity contribution is 5.92. The van der Waals surface area contributed by atoms with Gasteiger partial charge in [0.05, 0.1) is 12.8 Å². The van der Waals surface area contributed by atoms with E-state index in [0.717, 1.165) is 35.3 Å². The van der Waals surface area contributed by atoms with Crippen molar-refractivity contribution in [3.63, 3.8) is 0 Å². The smallest absolute Gasteiger partial charge is 0.165 e. The average molecular weight is 311 g/mol. The Kier molecular flexibility index (Phi) is 3.31. The fourth-order valence-electron chi connectivity index (χ4n) is 3.45. The van der Waals surface area contributed by atoms with Crippen molar-refractivity contribution in [3.05, 3.63) is 58.9 Å². The standard InChI is InChI=1S/C18H18FN3O/c1-23-16-6-5-11(9-14(16)19)18-21-10-12-3-2-4-13-15(20)7-8-22(18)17(12)13/h2-6,9-10,15,18H,7-8,20H2,1H3/t15-,18+/m0/s1. The molecule has 0 saturated heterocycles. The molecule has 2 aliphatic rings. The SMILES string of the molecule is COc1ccc([C@@H]2N=Cc3cccc4c3N2CC[C@@H]4N)cc1F. The van der Waals surface area contributed by atoms with Crippen LogP contribution in [0.15, 0.2) is 41.4 Å². The van der Waals surface area contributed by atoms with Crippen molar-refractivity contribution >= 4 is 11.9 Å². The lowest BCUT2D eigenvalue weighted by atomic mass is 9.92. The predicted molar refractivity (Wildman–Crippen MR) is 88.6 cm³/mol.